The smallest absolute Gasteiger partial charge is 0.294 e. The number of hydrogen-bond acceptors (Lipinski definition) is 29. The number of thioether (sulfide) groups is 1. The number of amides is 4. The highest BCUT2D eigenvalue weighted by atomic mass is 32.2. The van der Waals surface area contributed by atoms with Gasteiger partial charge in [-0.05, 0) is 151 Å². The number of fused-ring (bicyclic) bond motifs is 2. The highest BCUT2D eigenvalue weighted by molar-refractivity contribution is 7.99. The molecule has 0 atom stereocenters. The number of thiazole rings is 2. The predicted octanol–water partition coefficient (Wildman–Crippen LogP) is 11.7. The fourth-order valence-corrected chi connectivity index (χ4v) is 14.7. The van der Waals surface area contributed by atoms with Crippen LogP contribution in [0.2, 0.25) is 0 Å². The molecule has 3 aromatic heterocycles. The number of piperidine rings is 2. The molecule has 506 valence electrons. The van der Waals surface area contributed by atoms with E-state index < -0.39 is 53.7 Å². The molecule has 4 aromatic carbocycles. The lowest BCUT2D eigenvalue weighted by Crippen LogP contribution is -2.30. The van der Waals surface area contributed by atoms with Crippen LogP contribution in [0.3, 0.4) is 0 Å². The summed E-state index contributed by atoms with van der Waals surface area (Å²) in [6, 6.07) is 21.0. The number of benzene rings is 4. The molecule has 30 nitrogen and oxygen atoms in total. The number of allylic oxidation sites excluding steroid dienone is 2. The Kier molecular flexibility index (Phi) is 21.1. The summed E-state index contributed by atoms with van der Waals surface area (Å²) in [4.78, 5) is 88.2. The van der Waals surface area contributed by atoms with Crippen LogP contribution in [-0.4, -0.2) is 154 Å². The number of nitriles is 2. The summed E-state index contributed by atoms with van der Waals surface area (Å²) in [6.07, 6.45) is 8.08. The molecule has 4 amide bonds. The average Bonchev–Trinajstić information content (AvgIpc) is 1.61. The van der Waals surface area contributed by atoms with Crippen LogP contribution in [0, 0.1) is 22.7 Å². The van der Waals surface area contributed by atoms with Crippen molar-refractivity contribution in [1.29, 1.82) is 10.5 Å². The maximum Gasteiger partial charge on any atom is 0.294 e. The van der Waals surface area contributed by atoms with Gasteiger partial charge in [-0.1, -0.05) is 34.4 Å². The first-order valence-corrected chi connectivity index (χ1v) is 36.6. The Hall–Kier alpha value is -9.98. The van der Waals surface area contributed by atoms with Gasteiger partial charge in [-0.3, -0.25) is 28.3 Å². The first-order valence-electron chi connectivity index (χ1n) is 31.1. The summed E-state index contributed by atoms with van der Waals surface area (Å²) in [5, 5.41) is 56.9. The third-order valence-electron chi connectivity index (χ3n) is 16.3. The van der Waals surface area contributed by atoms with E-state index in [9.17, 15) is 60.7 Å². The number of nitrogens with zero attached hydrogens (tertiary/aromatic N) is 17. The average molecular weight is 1420 g/mol. The molecule has 0 saturated carbocycles. The van der Waals surface area contributed by atoms with Crippen molar-refractivity contribution in [2.75, 3.05) is 95.0 Å². The molecule has 0 radical (unpaired) electrons. The van der Waals surface area contributed by atoms with Crippen molar-refractivity contribution in [1.82, 2.24) is 34.7 Å². The molecule has 7 aromatic rings. The van der Waals surface area contributed by atoms with Crippen molar-refractivity contribution in [3.8, 4) is 12.1 Å². The summed E-state index contributed by atoms with van der Waals surface area (Å²) >= 11 is 3.28. The van der Waals surface area contributed by atoms with Crippen LogP contribution < -0.4 is 30.2 Å². The molecule has 11 rings (SSSR count). The van der Waals surface area contributed by atoms with Gasteiger partial charge < -0.3 is 35.3 Å². The van der Waals surface area contributed by atoms with Gasteiger partial charge in [0.1, 0.15) is 46.5 Å². The first kappa shape index (κ1) is 69.4. The maximum absolute atomic E-state index is 13.8. The maximum atomic E-state index is 13.8. The van der Waals surface area contributed by atoms with E-state index in [1.165, 1.54) is 23.9 Å². The number of aliphatic hydroxyl groups is 1. The number of azo groups is 2. The molecule has 2 saturated heterocycles. The van der Waals surface area contributed by atoms with Crippen LogP contribution in [0.4, 0.5) is 67.9 Å². The molecule has 7 heterocycles. The van der Waals surface area contributed by atoms with Gasteiger partial charge in [-0.25, -0.2) is 9.80 Å². The minimum Gasteiger partial charge on any atom is -0.396 e. The van der Waals surface area contributed by atoms with Gasteiger partial charge in [0.15, 0.2) is 5.16 Å². The largest absolute Gasteiger partial charge is 0.396 e. The highest BCUT2D eigenvalue weighted by Crippen LogP contribution is 2.42. The second-order valence-electron chi connectivity index (χ2n) is 22.2. The number of aliphatic hydroxyl groups excluding tert-OH is 1. The molecule has 0 bridgehead atoms. The molecule has 0 unspecified atom stereocenters. The van der Waals surface area contributed by atoms with Crippen LogP contribution in [0.5, 0.6) is 0 Å². The SMILES string of the molecule is CCN(CC)c1ccc(/N=N/c2nc(N3CCCCC3)c(/C=C(\C#N)N3C(=O)c4ccc(S(=O)(=O)O)cc4C3=O)s2)c(Nc2nc(Nc3cc(N(CC)CC)ccc3/N=N/c3nc(N4CCCCC4)c(/C=C(\C#N)N4C(=O)c5ccc(S(=O)(=O)O)cc5C4=O)s3)nc(SCCO)n2)c1. The zero-order chi connectivity index (χ0) is 69.6. The minimum atomic E-state index is -4.73. The number of anilines is 8. The van der Waals surface area contributed by atoms with Gasteiger partial charge in [-0.2, -0.15) is 52.3 Å². The number of carbonyl (C=O) groups is 4. The topological polar surface area (TPSA) is 402 Å². The normalized spacial score (nSPS) is 15.4. The molecule has 0 spiro atoms. The zero-order valence-electron chi connectivity index (χ0n) is 53.1. The molecule has 4 aliphatic heterocycles. The fraction of sp³-hybridized carbons (Fsp3) is 0.317. The summed E-state index contributed by atoms with van der Waals surface area (Å²) in [5.41, 5.74) is 1.50. The lowest BCUT2D eigenvalue weighted by molar-refractivity contribution is 0.0696. The first-order chi connectivity index (χ1) is 47.1. The third kappa shape index (κ3) is 14.9. The van der Waals surface area contributed by atoms with Gasteiger partial charge in [0.2, 0.25) is 22.2 Å². The van der Waals surface area contributed by atoms with Gasteiger partial charge >= 0.3 is 0 Å². The number of aromatic nitrogens is 5. The van der Waals surface area contributed by atoms with E-state index in [0.29, 0.717) is 106 Å². The van der Waals surface area contributed by atoms with Crippen LogP contribution in [0.15, 0.2) is 120 Å². The molecule has 2 fully saturated rings. The zero-order valence-corrected chi connectivity index (χ0v) is 57.2. The van der Waals surface area contributed by atoms with Gasteiger partial charge in [0, 0.05) is 69.5 Å². The van der Waals surface area contributed by atoms with Crippen molar-refractivity contribution >= 4 is 158 Å². The quantitative estimate of drug-likeness (QED) is 0.0117. The Morgan fingerprint density at radius 1 is 0.561 bits per heavy atom. The van der Waals surface area contributed by atoms with Crippen LogP contribution in [0.25, 0.3) is 12.2 Å². The Morgan fingerprint density at radius 2 is 0.959 bits per heavy atom. The molecule has 5 N–H and O–H groups in total. The molecule has 98 heavy (non-hydrogen) atoms. The van der Waals surface area contributed by atoms with Crippen LogP contribution in [-0.2, 0) is 20.2 Å². The van der Waals surface area contributed by atoms with Crippen molar-refractivity contribution in [2.24, 2.45) is 20.5 Å². The Balaban J connectivity index is 0.928. The summed E-state index contributed by atoms with van der Waals surface area (Å²) in [5.74, 6) is -2.39. The number of rotatable bonds is 25. The van der Waals surface area contributed by atoms with Crippen molar-refractivity contribution in [3.05, 3.63) is 116 Å². The van der Waals surface area contributed by atoms with Gasteiger partial charge in [0.05, 0.1) is 59.8 Å². The van der Waals surface area contributed by atoms with Crippen molar-refractivity contribution < 1.29 is 50.2 Å². The second-order valence-corrected chi connectivity index (χ2v) is 28.2. The van der Waals surface area contributed by atoms with Crippen molar-refractivity contribution in [3.63, 3.8) is 0 Å². The fourth-order valence-electron chi connectivity index (χ4n) is 11.4. The molecule has 4 aliphatic rings. The van der Waals surface area contributed by atoms with E-state index in [0.717, 1.165) is 109 Å². The minimum absolute atomic E-state index is 0.0639. The summed E-state index contributed by atoms with van der Waals surface area (Å²) in [6.45, 7) is 13.0. The molecular weight excluding hydrogens is 1360 g/mol. The summed E-state index contributed by atoms with van der Waals surface area (Å²) in [7, 11) is -9.46. The second kappa shape index (κ2) is 29.8. The van der Waals surface area contributed by atoms with E-state index in [1.54, 1.807) is 12.1 Å². The molecular formula is C63H63N19O11S5. The Bertz CT molecular complexity index is 4480. The Morgan fingerprint density at radius 3 is 1.33 bits per heavy atom. The number of carbonyl (C=O) groups excluding carboxylic acids is 4. The van der Waals surface area contributed by atoms with E-state index in [4.69, 9.17) is 35.1 Å². The lowest BCUT2D eigenvalue weighted by Gasteiger charge is -2.27. The lowest BCUT2D eigenvalue weighted by atomic mass is 10.1. The highest BCUT2D eigenvalue weighted by Gasteiger charge is 2.41. The molecule has 0 aliphatic carbocycles. The standard InChI is InChI=1S/C63H63N19O11S5/c1-5-77(6-2)37-15-21-47(73-75-62-68-53(79-23-11-9-12-24-79)51(95-62)31-39(35-64)81-55(84)43-19-17-41(97(88,89)90)33-45(43)57(81)86)49(29-37)66-59-70-60(72-61(71-59)94-28-27-83)67-50-30-38(78(7-3)8-4)16-22-48(50)74-76-63-69-54(80-25-13-10-14-26-80)52(96-63)32-40(36-65)82-56(85)44-20-18-42(98(91,92)93)34-46(44)58(82)87/h15-22,29-34,83H,5-14,23-28H2,1-4H3,(H,88,89,90)(H,91,92,93)(H2,66,67,70,71,72)/b39-31+,40-32+,75-73+,76-74+. The third-order valence-corrected chi connectivity index (χ3v) is 20.5. The number of nitrogens with one attached hydrogen (secondary N) is 2. The van der Waals surface area contributed by atoms with E-state index >= 15 is 0 Å². The van der Waals surface area contributed by atoms with E-state index in [2.05, 4.69) is 30.7 Å². The monoisotopic (exact) mass is 1420 g/mol. The summed E-state index contributed by atoms with van der Waals surface area (Å²) < 4.78 is 67.2. The van der Waals surface area contributed by atoms with Crippen LogP contribution in [0.1, 0.15) is 117 Å². The van der Waals surface area contributed by atoms with Crippen molar-refractivity contribution in [2.45, 2.75) is 81.2 Å². The molecule has 35 heteroatoms. The van der Waals surface area contributed by atoms with E-state index in [1.807, 2.05) is 73.9 Å². The Labute approximate surface area is 575 Å². The van der Waals surface area contributed by atoms with Gasteiger partial charge in [0.25, 0.3) is 43.9 Å². The predicted molar refractivity (Wildman–Crippen MR) is 370 cm³/mol. The van der Waals surface area contributed by atoms with Gasteiger partial charge in [-0.15, -0.1) is 20.5 Å². The number of imide groups is 2. The van der Waals surface area contributed by atoms with E-state index in [-0.39, 0.29) is 73.3 Å². The van der Waals surface area contributed by atoms with Crippen LogP contribution >= 0.6 is 34.4 Å². The number of hydrogen-bond donors (Lipinski definition) is 5.